The molecule has 4 nitrogen and oxygen atoms in total. The molecule has 0 aliphatic heterocycles. The topological polar surface area (TPSA) is 46.6 Å². The Hall–Kier alpha value is -0.140. The van der Waals surface area contributed by atoms with E-state index >= 15 is 0 Å². The summed E-state index contributed by atoms with van der Waals surface area (Å²) in [7, 11) is -0.358. The molecule has 1 aromatic heterocycles. The van der Waals surface area contributed by atoms with Crippen LogP contribution in [0.1, 0.15) is 11.8 Å². The van der Waals surface area contributed by atoms with Gasteiger partial charge in [0.15, 0.2) is 0 Å². The Bertz CT molecular complexity index is 472. The number of alkyl halides is 1. The highest BCUT2D eigenvalue weighted by Gasteiger charge is 2.24. The SMILES string of the molecule is CCc1ccc(S(=O)(=O)N(C)CC(Cl)COC)s1. The molecule has 0 aliphatic carbocycles. The van der Waals surface area contributed by atoms with Crippen molar-refractivity contribution in [3.8, 4) is 0 Å². The lowest BCUT2D eigenvalue weighted by Crippen LogP contribution is -2.33. The fourth-order valence-electron chi connectivity index (χ4n) is 1.45. The Morgan fingerprint density at radius 3 is 2.67 bits per heavy atom. The van der Waals surface area contributed by atoms with Crippen molar-refractivity contribution in [1.82, 2.24) is 4.31 Å². The van der Waals surface area contributed by atoms with E-state index in [1.165, 1.54) is 29.8 Å². The molecule has 1 heterocycles. The summed E-state index contributed by atoms with van der Waals surface area (Å²) in [5.74, 6) is 0. The molecule has 0 saturated heterocycles. The molecule has 0 saturated carbocycles. The van der Waals surface area contributed by atoms with Crippen LogP contribution in [0.25, 0.3) is 0 Å². The van der Waals surface area contributed by atoms with Crippen LogP contribution in [0.15, 0.2) is 16.3 Å². The van der Waals surface area contributed by atoms with Crippen molar-refractivity contribution in [3.63, 3.8) is 0 Å². The van der Waals surface area contributed by atoms with Gasteiger partial charge in [-0.3, -0.25) is 0 Å². The fourth-order valence-corrected chi connectivity index (χ4v) is 4.59. The molecule has 0 aromatic carbocycles. The second-order valence-corrected chi connectivity index (χ2v) is 7.97. The molecule has 0 spiro atoms. The lowest BCUT2D eigenvalue weighted by molar-refractivity contribution is 0.192. The molecule has 0 aliphatic rings. The summed E-state index contributed by atoms with van der Waals surface area (Å²) in [6.45, 7) is 2.56. The third kappa shape index (κ3) is 3.93. The first-order valence-electron chi connectivity index (χ1n) is 5.59. The highest BCUT2D eigenvalue weighted by Crippen LogP contribution is 2.24. The van der Waals surface area contributed by atoms with Crippen molar-refractivity contribution in [2.75, 3.05) is 27.3 Å². The Kier molecular flexibility index (Phi) is 6.07. The molecule has 1 atom stereocenters. The standard InChI is InChI=1S/C11H18ClNO3S2/c1-4-10-5-6-11(17-10)18(14,15)13(2)7-9(12)8-16-3/h5-6,9H,4,7-8H2,1-3H3. The van der Waals surface area contributed by atoms with Crippen LogP contribution in [0.3, 0.4) is 0 Å². The molecular weight excluding hydrogens is 294 g/mol. The van der Waals surface area contributed by atoms with E-state index in [1.807, 2.05) is 13.0 Å². The lowest BCUT2D eigenvalue weighted by Gasteiger charge is -2.18. The molecule has 1 unspecified atom stereocenters. The van der Waals surface area contributed by atoms with E-state index in [2.05, 4.69) is 0 Å². The number of hydrogen-bond donors (Lipinski definition) is 0. The van der Waals surface area contributed by atoms with E-state index in [-0.39, 0.29) is 11.9 Å². The van der Waals surface area contributed by atoms with E-state index in [1.54, 1.807) is 6.07 Å². The van der Waals surface area contributed by atoms with Crippen LogP contribution in [0, 0.1) is 0 Å². The van der Waals surface area contributed by atoms with Crippen LogP contribution in [0.5, 0.6) is 0 Å². The number of rotatable bonds is 7. The van der Waals surface area contributed by atoms with E-state index in [9.17, 15) is 8.42 Å². The lowest BCUT2D eigenvalue weighted by atomic mass is 10.4. The van der Waals surface area contributed by atoms with Gasteiger partial charge in [-0.05, 0) is 18.6 Å². The minimum absolute atomic E-state index is 0.233. The predicted molar refractivity (Wildman–Crippen MR) is 75.0 cm³/mol. The van der Waals surface area contributed by atoms with Gasteiger partial charge in [-0.25, -0.2) is 8.42 Å². The number of hydrogen-bond acceptors (Lipinski definition) is 4. The first-order valence-corrected chi connectivity index (χ1v) is 8.29. The third-order valence-electron chi connectivity index (χ3n) is 2.45. The number of thiophene rings is 1. The van der Waals surface area contributed by atoms with Crippen LogP contribution in [-0.4, -0.2) is 45.4 Å². The van der Waals surface area contributed by atoms with Gasteiger partial charge in [-0.15, -0.1) is 22.9 Å². The minimum Gasteiger partial charge on any atom is -0.383 e. The summed E-state index contributed by atoms with van der Waals surface area (Å²) in [6, 6.07) is 3.49. The van der Waals surface area contributed by atoms with Crippen molar-refractivity contribution in [3.05, 3.63) is 17.0 Å². The number of nitrogens with zero attached hydrogens (tertiary/aromatic N) is 1. The van der Waals surface area contributed by atoms with Gasteiger partial charge in [0, 0.05) is 25.6 Å². The summed E-state index contributed by atoms with van der Waals surface area (Å²) < 4.78 is 31.0. The van der Waals surface area contributed by atoms with Gasteiger partial charge >= 0.3 is 0 Å². The van der Waals surface area contributed by atoms with Crippen molar-refractivity contribution >= 4 is 33.0 Å². The van der Waals surface area contributed by atoms with Gasteiger partial charge in [-0.1, -0.05) is 6.92 Å². The monoisotopic (exact) mass is 311 g/mol. The van der Waals surface area contributed by atoms with Gasteiger partial charge in [0.2, 0.25) is 0 Å². The molecule has 0 radical (unpaired) electrons. The van der Waals surface area contributed by atoms with Crippen LogP contribution < -0.4 is 0 Å². The first-order chi connectivity index (χ1) is 8.41. The van der Waals surface area contributed by atoms with Gasteiger partial charge < -0.3 is 4.74 Å². The molecule has 104 valence electrons. The first kappa shape index (κ1) is 15.9. The maximum atomic E-state index is 12.2. The normalized spacial score (nSPS) is 14.1. The highest BCUT2D eigenvalue weighted by atomic mass is 35.5. The number of methoxy groups -OCH3 is 1. The van der Waals surface area contributed by atoms with E-state index < -0.39 is 10.0 Å². The third-order valence-corrected chi connectivity index (χ3v) is 6.24. The molecule has 0 fully saturated rings. The van der Waals surface area contributed by atoms with Crippen LogP contribution >= 0.6 is 22.9 Å². The summed E-state index contributed by atoms with van der Waals surface area (Å²) >= 11 is 7.28. The molecule has 0 amide bonds. The Labute approximate surface area is 118 Å². The molecule has 1 aromatic rings. The minimum atomic E-state index is -3.43. The average molecular weight is 312 g/mol. The van der Waals surface area contributed by atoms with Crippen molar-refractivity contribution in [2.45, 2.75) is 22.9 Å². The van der Waals surface area contributed by atoms with Gasteiger partial charge in [0.1, 0.15) is 4.21 Å². The van der Waals surface area contributed by atoms with Crippen molar-refractivity contribution in [1.29, 1.82) is 0 Å². The van der Waals surface area contributed by atoms with E-state index in [0.29, 0.717) is 10.8 Å². The molecule has 7 heteroatoms. The fraction of sp³-hybridized carbons (Fsp3) is 0.636. The van der Waals surface area contributed by atoms with Gasteiger partial charge in [0.05, 0.1) is 12.0 Å². The molecule has 1 rings (SSSR count). The average Bonchev–Trinajstić information content (AvgIpc) is 2.78. The molecule has 0 N–H and O–H groups in total. The number of ether oxygens (including phenoxy) is 1. The smallest absolute Gasteiger partial charge is 0.252 e. The van der Waals surface area contributed by atoms with E-state index in [0.717, 1.165) is 11.3 Å². The van der Waals surface area contributed by atoms with Crippen molar-refractivity contribution in [2.24, 2.45) is 0 Å². The van der Waals surface area contributed by atoms with E-state index in [4.69, 9.17) is 16.3 Å². The van der Waals surface area contributed by atoms with Crippen LogP contribution in [0.2, 0.25) is 0 Å². The largest absolute Gasteiger partial charge is 0.383 e. The second kappa shape index (κ2) is 6.86. The van der Waals surface area contributed by atoms with Gasteiger partial charge in [-0.2, -0.15) is 4.31 Å². The zero-order valence-corrected chi connectivity index (χ0v) is 13.1. The maximum Gasteiger partial charge on any atom is 0.252 e. The summed E-state index contributed by atoms with van der Waals surface area (Å²) in [4.78, 5) is 1.06. The Balaban J connectivity index is 2.79. The quantitative estimate of drug-likeness (QED) is 0.725. The highest BCUT2D eigenvalue weighted by molar-refractivity contribution is 7.91. The maximum absolute atomic E-state index is 12.2. The zero-order chi connectivity index (χ0) is 13.8. The number of sulfonamides is 1. The van der Waals surface area contributed by atoms with Crippen molar-refractivity contribution < 1.29 is 13.2 Å². The van der Waals surface area contributed by atoms with Gasteiger partial charge in [0.25, 0.3) is 10.0 Å². The number of halogens is 1. The number of aryl methyl sites for hydroxylation is 1. The Morgan fingerprint density at radius 2 is 2.17 bits per heavy atom. The Morgan fingerprint density at radius 1 is 1.50 bits per heavy atom. The predicted octanol–water partition coefficient (Wildman–Crippen LogP) is 2.18. The van der Waals surface area contributed by atoms with Crippen LogP contribution in [0.4, 0.5) is 0 Å². The zero-order valence-electron chi connectivity index (χ0n) is 10.7. The summed E-state index contributed by atoms with van der Waals surface area (Å²) in [5.41, 5.74) is 0. The molecule has 0 bridgehead atoms. The van der Waals surface area contributed by atoms with Crippen LogP contribution in [-0.2, 0) is 21.2 Å². The molecular formula is C11H18ClNO3S2. The second-order valence-electron chi connectivity index (χ2n) is 3.91. The summed E-state index contributed by atoms with van der Waals surface area (Å²) in [5, 5.41) is -0.347. The summed E-state index contributed by atoms with van der Waals surface area (Å²) in [6.07, 6.45) is 0.839. The molecule has 18 heavy (non-hydrogen) atoms.